The fourth-order valence-electron chi connectivity index (χ4n) is 3.45. The lowest BCUT2D eigenvalue weighted by molar-refractivity contribution is -0.193. The summed E-state index contributed by atoms with van der Waals surface area (Å²) in [4.78, 5) is 24.5. The van der Waals surface area contributed by atoms with E-state index >= 15 is 0 Å². The lowest BCUT2D eigenvalue weighted by atomic mass is 10.3. The fourth-order valence-corrected chi connectivity index (χ4v) is 3.45. The molecule has 1 unspecified atom stereocenters. The van der Waals surface area contributed by atoms with Crippen molar-refractivity contribution in [2.24, 2.45) is 7.05 Å². The molecule has 3 aromatic rings. The molecule has 0 aromatic carbocycles. The molecule has 39 heavy (non-hydrogen) atoms. The van der Waals surface area contributed by atoms with Crippen LogP contribution in [0.15, 0.2) is 48.8 Å². The van der Waals surface area contributed by atoms with E-state index < -0.39 is 24.3 Å². The monoisotopic (exact) mass is 565 g/mol. The standard InChI is InChI=1S/C19H23N5O.2C2HF3O2/c1-15-10-17(22(2)21-15)12-23-11-16-6-5-9-24(16)14-18(13-23)25-19-7-3-4-8-20-19;2*3-2(4,5)1(6)7/h3-10,18H,11-14H2,1-2H3;2*(H,6,7). The topological polar surface area (TPSA) is 123 Å². The number of hydrogen-bond acceptors (Lipinski definition) is 6. The van der Waals surface area contributed by atoms with Crippen LogP contribution in [0.5, 0.6) is 5.88 Å². The zero-order valence-corrected chi connectivity index (χ0v) is 20.6. The van der Waals surface area contributed by atoms with Crippen LogP contribution in [0.2, 0.25) is 0 Å². The number of ether oxygens (including phenoxy) is 1. The average Bonchev–Trinajstić information content (AvgIpc) is 3.33. The Labute approximate surface area is 218 Å². The molecule has 0 amide bonds. The summed E-state index contributed by atoms with van der Waals surface area (Å²) in [6.45, 7) is 5.47. The largest absolute Gasteiger partial charge is 0.490 e. The third-order valence-corrected chi connectivity index (χ3v) is 5.07. The Balaban J connectivity index is 0.000000317. The number of carboxylic acids is 2. The van der Waals surface area contributed by atoms with Crippen molar-refractivity contribution in [3.8, 4) is 5.88 Å². The number of nitrogens with zero attached hydrogens (tertiary/aromatic N) is 5. The van der Waals surface area contributed by atoms with Crippen LogP contribution in [0.3, 0.4) is 0 Å². The predicted octanol–water partition coefficient (Wildman–Crippen LogP) is 3.66. The second kappa shape index (κ2) is 13.1. The highest BCUT2D eigenvalue weighted by atomic mass is 19.4. The van der Waals surface area contributed by atoms with Crippen molar-refractivity contribution in [3.63, 3.8) is 0 Å². The molecule has 0 saturated heterocycles. The van der Waals surface area contributed by atoms with Gasteiger partial charge in [0.25, 0.3) is 0 Å². The third-order valence-electron chi connectivity index (χ3n) is 5.07. The van der Waals surface area contributed by atoms with Gasteiger partial charge in [-0.15, -0.1) is 0 Å². The minimum atomic E-state index is -5.08. The van der Waals surface area contributed by atoms with Gasteiger partial charge in [-0.1, -0.05) is 6.07 Å². The van der Waals surface area contributed by atoms with Gasteiger partial charge in [-0.3, -0.25) is 9.58 Å². The number of fused-ring (bicyclic) bond motifs is 1. The maximum absolute atomic E-state index is 10.6. The fraction of sp³-hybridized carbons (Fsp3) is 0.391. The van der Waals surface area contributed by atoms with E-state index in [1.165, 1.54) is 11.4 Å². The average molecular weight is 565 g/mol. The lowest BCUT2D eigenvalue weighted by Crippen LogP contribution is -2.35. The molecular formula is C23H25F6N5O5. The Hall–Kier alpha value is -4.08. The molecular weight excluding hydrogens is 540 g/mol. The molecule has 4 rings (SSSR count). The number of aromatic nitrogens is 4. The first kappa shape index (κ1) is 31.1. The molecule has 1 aliphatic heterocycles. The number of pyridine rings is 1. The van der Waals surface area contributed by atoms with E-state index in [1.54, 1.807) is 6.20 Å². The quantitative estimate of drug-likeness (QED) is 0.460. The maximum atomic E-state index is 10.6. The number of halogens is 6. The second-order valence-electron chi connectivity index (χ2n) is 8.24. The van der Waals surface area contributed by atoms with Crippen molar-refractivity contribution in [2.45, 2.75) is 45.0 Å². The van der Waals surface area contributed by atoms with Crippen molar-refractivity contribution in [1.82, 2.24) is 24.2 Å². The zero-order valence-electron chi connectivity index (χ0n) is 20.6. The van der Waals surface area contributed by atoms with Crippen LogP contribution in [-0.2, 0) is 36.3 Å². The van der Waals surface area contributed by atoms with Crippen molar-refractivity contribution in [1.29, 1.82) is 0 Å². The van der Waals surface area contributed by atoms with Crippen LogP contribution in [0, 0.1) is 6.92 Å². The van der Waals surface area contributed by atoms with Crippen LogP contribution < -0.4 is 4.74 Å². The number of hydrogen-bond donors (Lipinski definition) is 2. The van der Waals surface area contributed by atoms with Gasteiger partial charge >= 0.3 is 24.3 Å². The van der Waals surface area contributed by atoms with Gasteiger partial charge in [-0.2, -0.15) is 31.4 Å². The number of aliphatic carboxylic acids is 2. The molecule has 0 spiro atoms. The molecule has 0 radical (unpaired) electrons. The summed E-state index contributed by atoms with van der Waals surface area (Å²) in [6, 6.07) is 12.2. The normalized spacial score (nSPS) is 15.5. The van der Waals surface area contributed by atoms with Gasteiger partial charge in [0.15, 0.2) is 0 Å². The molecule has 1 atom stereocenters. The molecule has 0 aliphatic carbocycles. The number of carbonyl (C=O) groups is 2. The van der Waals surface area contributed by atoms with Crippen molar-refractivity contribution < 1.29 is 50.9 Å². The molecule has 2 N–H and O–H groups in total. The van der Waals surface area contributed by atoms with Gasteiger partial charge in [-0.25, -0.2) is 14.6 Å². The summed E-state index contributed by atoms with van der Waals surface area (Å²) in [5.74, 6) is -4.83. The Bertz CT molecular complexity index is 1200. The highest BCUT2D eigenvalue weighted by Crippen LogP contribution is 2.19. The molecule has 0 bridgehead atoms. The zero-order chi connectivity index (χ0) is 29.4. The number of carboxylic acid groups (broad SMARTS) is 2. The van der Waals surface area contributed by atoms with Crippen LogP contribution in [0.25, 0.3) is 0 Å². The van der Waals surface area contributed by atoms with E-state index in [0.29, 0.717) is 5.88 Å². The molecule has 16 heteroatoms. The Morgan fingerprint density at radius 1 is 1.03 bits per heavy atom. The van der Waals surface area contributed by atoms with E-state index in [1.807, 2.05) is 36.9 Å². The first-order chi connectivity index (χ1) is 18.1. The Morgan fingerprint density at radius 2 is 1.64 bits per heavy atom. The predicted molar refractivity (Wildman–Crippen MR) is 123 cm³/mol. The van der Waals surface area contributed by atoms with Gasteiger partial charge < -0.3 is 19.5 Å². The molecule has 0 fully saturated rings. The van der Waals surface area contributed by atoms with E-state index in [9.17, 15) is 26.3 Å². The summed E-state index contributed by atoms with van der Waals surface area (Å²) >= 11 is 0. The molecule has 3 aromatic heterocycles. The van der Waals surface area contributed by atoms with Crippen molar-refractivity contribution >= 4 is 11.9 Å². The smallest absolute Gasteiger partial charge is 0.475 e. The molecule has 1 aliphatic rings. The Kier molecular flexibility index (Phi) is 10.5. The summed E-state index contributed by atoms with van der Waals surface area (Å²) in [6.07, 6.45) is -6.22. The number of rotatable bonds is 4. The highest BCUT2D eigenvalue weighted by molar-refractivity contribution is 5.73. The van der Waals surface area contributed by atoms with Gasteiger partial charge in [0.1, 0.15) is 6.10 Å². The Morgan fingerprint density at radius 3 is 2.13 bits per heavy atom. The van der Waals surface area contributed by atoms with Crippen molar-refractivity contribution in [3.05, 3.63) is 65.9 Å². The van der Waals surface area contributed by atoms with Gasteiger partial charge in [0.2, 0.25) is 5.88 Å². The first-order valence-corrected chi connectivity index (χ1v) is 11.1. The van der Waals surface area contributed by atoms with E-state index in [0.717, 1.165) is 31.9 Å². The lowest BCUT2D eigenvalue weighted by Gasteiger charge is -2.24. The van der Waals surface area contributed by atoms with E-state index in [2.05, 4.69) is 43.9 Å². The van der Waals surface area contributed by atoms with Crippen LogP contribution in [-0.4, -0.2) is 71.4 Å². The summed E-state index contributed by atoms with van der Waals surface area (Å²) in [7, 11) is 2.00. The molecule has 214 valence electrons. The number of alkyl halides is 6. The third kappa shape index (κ3) is 10.3. The van der Waals surface area contributed by atoms with Gasteiger partial charge in [0.05, 0.1) is 17.9 Å². The minimum absolute atomic E-state index is 0.0536. The second-order valence-corrected chi connectivity index (χ2v) is 8.24. The molecule has 4 heterocycles. The van der Waals surface area contributed by atoms with E-state index in [-0.39, 0.29) is 6.10 Å². The highest BCUT2D eigenvalue weighted by Gasteiger charge is 2.38. The first-order valence-electron chi connectivity index (χ1n) is 11.1. The maximum Gasteiger partial charge on any atom is 0.490 e. The minimum Gasteiger partial charge on any atom is -0.475 e. The molecule has 0 saturated carbocycles. The van der Waals surface area contributed by atoms with E-state index in [4.69, 9.17) is 24.5 Å². The van der Waals surface area contributed by atoms with Crippen LogP contribution in [0.4, 0.5) is 26.3 Å². The van der Waals surface area contributed by atoms with Gasteiger partial charge in [0, 0.05) is 50.8 Å². The van der Waals surface area contributed by atoms with Crippen molar-refractivity contribution in [2.75, 3.05) is 6.54 Å². The number of aryl methyl sites for hydroxylation is 2. The summed E-state index contributed by atoms with van der Waals surface area (Å²) in [5, 5.41) is 18.7. The summed E-state index contributed by atoms with van der Waals surface area (Å²) in [5.41, 5.74) is 3.58. The van der Waals surface area contributed by atoms with Gasteiger partial charge in [-0.05, 0) is 31.2 Å². The SMILES string of the molecule is Cc1cc(CN2Cc3cccn3CC(Oc3ccccn3)C2)n(C)n1.O=C(O)C(F)(F)F.O=C(O)C(F)(F)F. The van der Waals surface area contributed by atoms with Crippen LogP contribution in [0.1, 0.15) is 17.1 Å². The van der Waals surface area contributed by atoms with Crippen LogP contribution >= 0.6 is 0 Å². The molecule has 10 nitrogen and oxygen atoms in total. The summed E-state index contributed by atoms with van der Waals surface area (Å²) < 4.78 is 73.9.